The van der Waals surface area contributed by atoms with E-state index in [1.165, 1.54) is 12.1 Å². The maximum Gasteiger partial charge on any atom is 0.251 e. The molecule has 0 aliphatic carbocycles. The highest BCUT2D eigenvalue weighted by Gasteiger charge is 2.13. The number of unbranched alkanes of at least 4 members (excludes halogenated alkanes) is 2. The summed E-state index contributed by atoms with van der Waals surface area (Å²) in [5.74, 6) is -0.296. The summed E-state index contributed by atoms with van der Waals surface area (Å²) in [4.78, 5) is 11.9. The molecule has 0 radical (unpaired) electrons. The summed E-state index contributed by atoms with van der Waals surface area (Å²) in [6.07, 6.45) is 2.76. The molecule has 1 aromatic rings. The van der Waals surface area contributed by atoms with Crippen LogP contribution in [0.3, 0.4) is 0 Å². The molecule has 0 saturated heterocycles. The van der Waals surface area contributed by atoms with Crippen LogP contribution in [0.2, 0.25) is 0 Å². The molecule has 0 fully saturated rings. The third kappa shape index (κ3) is 6.24. The molecule has 0 aromatic heterocycles. The number of amides is 1. The van der Waals surface area contributed by atoms with Crippen LogP contribution in [-0.2, 0) is 14.8 Å². The van der Waals surface area contributed by atoms with E-state index >= 15 is 0 Å². The van der Waals surface area contributed by atoms with E-state index in [-0.39, 0.29) is 10.8 Å². The lowest BCUT2D eigenvalue weighted by Crippen LogP contribution is -2.25. The molecule has 0 aliphatic rings. The van der Waals surface area contributed by atoms with Crippen LogP contribution in [0, 0.1) is 6.92 Å². The smallest absolute Gasteiger partial charge is 0.251 e. The number of aryl methyl sites for hydroxylation is 1. The van der Waals surface area contributed by atoms with Gasteiger partial charge in [0.15, 0.2) is 0 Å². The summed E-state index contributed by atoms with van der Waals surface area (Å²) < 4.78 is 27.7. The van der Waals surface area contributed by atoms with Gasteiger partial charge < -0.3 is 10.1 Å². The maximum absolute atomic E-state index is 12.0. The largest absolute Gasteiger partial charge is 0.385 e. The molecule has 118 valence electrons. The molecule has 3 N–H and O–H groups in total. The lowest BCUT2D eigenvalue weighted by Gasteiger charge is -2.08. The van der Waals surface area contributed by atoms with Gasteiger partial charge in [0.1, 0.15) is 0 Å². The van der Waals surface area contributed by atoms with E-state index in [0.29, 0.717) is 24.3 Å². The van der Waals surface area contributed by atoms with Gasteiger partial charge >= 0.3 is 0 Å². The van der Waals surface area contributed by atoms with Crippen LogP contribution in [0.15, 0.2) is 23.1 Å². The van der Waals surface area contributed by atoms with Gasteiger partial charge in [-0.1, -0.05) is 0 Å². The summed E-state index contributed by atoms with van der Waals surface area (Å²) >= 11 is 0. The number of nitrogens with two attached hydrogens (primary N) is 1. The zero-order valence-corrected chi connectivity index (χ0v) is 13.2. The molecule has 21 heavy (non-hydrogen) atoms. The molecule has 0 spiro atoms. The quantitative estimate of drug-likeness (QED) is 0.704. The van der Waals surface area contributed by atoms with Crippen LogP contribution in [0.5, 0.6) is 0 Å². The zero-order valence-electron chi connectivity index (χ0n) is 12.4. The van der Waals surface area contributed by atoms with Crippen molar-refractivity contribution in [3.05, 3.63) is 29.3 Å². The average Bonchev–Trinajstić information content (AvgIpc) is 2.40. The number of methoxy groups -OCH3 is 1. The maximum atomic E-state index is 12.0. The van der Waals surface area contributed by atoms with Gasteiger partial charge in [0.25, 0.3) is 5.91 Å². The molecule has 0 aliphatic heterocycles. The fourth-order valence-electron chi connectivity index (χ4n) is 1.90. The predicted octanol–water partition coefficient (Wildman–Crippen LogP) is 1.19. The Bertz CT molecular complexity index is 585. The second kappa shape index (κ2) is 8.11. The Balaban J connectivity index is 2.60. The molecule has 0 unspecified atom stereocenters. The van der Waals surface area contributed by atoms with Gasteiger partial charge in [0, 0.05) is 25.8 Å². The fourth-order valence-corrected chi connectivity index (χ4v) is 2.54. The Labute approximate surface area is 125 Å². The number of carbonyl (C=O) groups is 1. The van der Waals surface area contributed by atoms with Gasteiger partial charge in [-0.05, 0) is 49.9 Å². The third-order valence-electron chi connectivity index (χ3n) is 2.95. The van der Waals surface area contributed by atoms with Crippen LogP contribution in [0.4, 0.5) is 0 Å². The number of ether oxygens (including phenoxy) is 1. The second-order valence-electron chi connectivity index (χ2n) is 4.89. The number of benzene rings is 1. The van der Waals surface area contributed by atoms with Crippen molar-refractivity contribution < 1.29 is 17.9 Å². The minimum Gasteiger partial charge on any atom is -0.385 e. The first kappa shape index (κ1) is 17.6. The van der Waals surface area contributed by atoms with Crippen molar-refractivity contribution in [3.8, 4) is 0 Å². The first-order valence-corrected chi connectivity index (χ1v) is 8.31. The van der Waals surface area contributed by atoms with Crippen molar-refractivity contribution >= 4 is 15.9 Å². The zero-order chi connectivity index (χ0) is 15.9. The van der Waals surface area contributed by atoms with Crippen LogP contribution >= 0.6 is 0 Å². The van der Waals surface area contributed by atoms with Crippen molar-refractivity contribution in [1.82, 2.24) is 5.32 Å². The molecule has 0 bridgehead atoms. The monoisotopic (exact) mass is 314 g/mol. The van der Waals surface area contributed by atoms with E-state index in [0.717, 1.165) is 19.3 Å². The Morgan fingerprint density at radius 3 is 2.57 bits per heavy atom. The number of hydrogen-bond donors (Lipinski definition) is 2. The van der Waals surface area contributed by atoms with Crippen molar-refractivity contribution in [2.24, 2.45) is 5.14 Å². The number of rotatable bonds is 8. The highest BCUT2D eigenvalue weighted by Crippen LogP contribution is 2.13. The van der Waals surface area contributed by atoms with Gasteiger partial charge in [0.2, 0.25) is 10.0 Å². The van der Waals surface area contributed by atoms with E-state index in [1.54, 1.807) is 20.1 Å². The molecule has 7 heteroatoms. The fraction of sp³-hybridized carbons (Fsp3) is 0.500. The molecule has 0 saturated carbocycles. The topological polar surface area (TPSA) is 98.5 Å². The van der Waals surface area contributed by atoms with E-state index in [1.807, 2.05) is 0 Å². The van der Waals surface area contributed by atoms with Crippen LogP contribution in [0.25, 0.3) is 0 Å². The summed E-state index contributed by atoms with van der Waals surface area (Å²) in [5.41, 5.74) is 0.975. The number of carbonyl (C=O) groups excluding carboxylic acids is 1. The van der Waals surface area contributed by atoms with Crippen molar-refractivity contribution in [1.29, 1.82) is 0 Å². The molecule has 1 rings (SSSR count). The van der Waals surface area contributed by atoms with Gasteiger partial charge in [-0.2, -0.15) is 0 Å². The van der Waals surface area contributed by atoms with Crippen molar-refractivity contribution in [3.63, 3.8) is 0 Å². The molecule has 1 amide bonds. The first-order valence-electron chi connectivity index (χ1n) is 6.76. The summed E-state index contributed by atoms with van der Waals surface area (Å²) in [6.45, 7) is 2.97. The Kier molecular flexibility index (Phi) is 6.80. The predicted molar refractivity (Wildman–Crippen MR) is 80.6 cm³/mol. The number of sulfonamides is 1. The molecule has 0 atom stereocenters. The molecule has 1 aromatic carbocycles. The van der Waals surface area contributed by atoms with Gasteiger partial charge in [-0.3, -0.25) is 4.79 Å². The van der Waals surface area contributed by atoms with Crippen molar-refractivity contribution in [2.75, 3.05) is 20.3 Å². The summed E-state index contributed by atoms with van der Waals surface area (Å²) in [6, 6.07) is 4.37. The number of hydrogen-bond acceptors (Lipinski definition) is 4. The molecular weight excluding hydrogens is 292 g/mol. The van der Waals surface area contributed by atoms with E-state index < -0.39 is 10.0 Å². The normalized spacial score (nSPS) is 11.4. The number of nitrogens with one attached hydrogen (secondary N) is 1. The molecule has 6 nitrogen and oxygen atoms in total. The molecular formula is C14H22N2O4S. The Morgan fingerprint density at radius 1 is 1.24 bits per heavy atom. The average molecular weight is 314 g/mol. The summed E-state index contributed by atoms with van der Waals surface area (Å²) in [5, 5.41) is 7.86. The van der Waals surface area contributed by atoms with Crippen LogP contribution < -0.4 is 10.5 Å². The van der Waals surface area contributed by atoms with E-state index in [4.69, 9.17) is 9.88 Å². The highest BCUT2D eigenvalue weighted by molar-refractivity contribution is 7.89. The minimum absolute atomic E-state index is 0.0484. The van der Waals surface area contributed by atoms with Crippen LogP contribution in [0.1, 0.15) is 35.2 Å². The molecule has 0 heterocycles. The minimum atomic E-state index is -3.81. The third-order valence-corrected chi connectivity index (χ3v) is 3.85. The SMILES string of the molecule is COCCCCCNC(=O)c1cc(C)cc(S(N)(=O)=O)c1. The summed E-state index contributed by atoms with van der Waals surface area (Å²) in [7, 11) is -2.16. The van der Waals surface area contributed by atoms with Crippen LogP contribution in [-0.4, -0.2) is 34.6 Å². The lowest BCUT2D eigenvalue weighted by atomic mass is 10.1. The standard InChI is InChI=1S/C14H22N2O4S/c1-11-8-12(10-13(9-11)21(15,18)19)14(17)16-6-4-3-5-7-20-2/h8-10H,3-7H2,1-2H3,(H,16,17)(H2,15,18,19). The lowest BCUT2D eigenvalue weighted by molar-refractivity contribution is 0.0952. The van der Waals surface area contributed by atoms with Gasteiger partial charge in [-0.15, -0.1) is 0 Å². The first-order chi connectivity index (χ1) is 9.84. The van der Waals surface area contributed by atoms with Crippen molar-refractivity contribution in [2.45, 2.75) is 31.1 Å². The van der Waals surface area contributed by atoms with E-state index in [9.17, 15) is 13.2 Å². The van der Waals surface area contributed by atoms with Gasteiger partial charge in [0.05, 0.1) is 4.90 Å². The van der Waals surface area contributed by atoms with Gasteiger partial charge in [-0.25, -0.2) is 13.6 Å². The second-order valence-corrected chi connectivity index (χ2v) is 6.45. The number of primary sulfonamides is 1. The Morgan fingerprint density at radius 2 is 1.95 bits per heavy atom. The Hall–Kier alpha value is -1.44. The highest BCUT2D eigenvalue weighted by atomic mass is 32.2. The van der Waals surface area contributed by atoms with E-state index in [2.05, 4.69) is 5.32 Å².